The number of carbonyl (C=O) groups is 1. The number of aliphatic carboxylic acids is 1. The molecule has 5 nitrogen and oxygen atoms in total. The van der Waals surface area contributed by atoms with Gasteiger partial charge in [0.2, 0.25) is 10.0 Å². The maximum Gasteiger partial charge on any atom is 0.331 e. The summed E-state index contributed by atoms with van der Waals surface area (Å²) in [5, 5.41) is 8.82. The molecule has 0 unspecified atom stereocenters. The maximum absolute atomic E-state index is 12.1. The molecule has 0 saturated heterocycles. The first kappa shape index (κ1) is 14.4. The highest BCUT2D eigenvalue weighted by molar-refractivity contribution is 7.89. The Morgan fingerprint density at radius 3 is 2.33 bits per heavy atom. The van der Waals surface area contributed by atoms with Crippen LogP contribution in [-0.4, -0.2) is 37.9 Å². The molecule has 1 rings (SSSR count). The lowest BCUT2D eigenvalue weighted by atomic mass is 10.1. The van der Waals surface area contributed by atoms with Crippen LogP contribution in [0.2, 0.25) is 0 Å². The van der Waals surface area contributed by atoms with Gasteiger partial charge in [0.05, 0.1) is 4.90 Å². The molecule has 1 aromatic carbocycles. The Labute approximate surface area is 106 Å². The molecule has 0 saturated carbocycles. The quantitative estimate of drug-likeness (QED) is 0.839. The third-order valence-corrected chi connectivity index (χ3v) is 4.28. The average Bonchev–Trinajstić information content (AvgIpc) is 2.29. The molecule has 0 spiro atoms. The Morgan fingerprint density at radius 2 is 1.83 bits per heavy atom. The van der Waals surface area contributed by atoms with E-state index in [1.54, 1.807) is 18.2 Å². The Balaban J connectivity index is 3.42. The predicted molar refractivity (Wildman–Crippen MR) is 68.6 cm³/mol. The molecule has 0 aliphatic rings. The SMILES string of the molecule is C/C(=C\c1ccccc1S(=O)(=O)N(C)C)C(=O)O. The zero-order chi connectivity index (χ0) is 13.9. The number of sulfonamides is 1. The van der Waals surface area contributed by atoms with Gasteiger partial charge in [-0.05, 0) is 24.6 Å². The predicted octanol–water partition coefficient (Wildman–Crippen LogP) is 1.42. The third kappa shape index (κ3) is 2.96. The van der Waals surface area contributed by atoms with Gasteiger partial charge in [0.15, 0.2) is 0 Å². The molecule has 0 aromatic heterocycles. The summed E-state index contributed by atoms with van der Waals surface area (Å²) >= 11 is 0. The van der Waals surface area contributed by atoms with Crippen molar-refractivity contribution in [1.29, 1.82) is 0 Å². The van der Waals surface area contributed by atoms with E-state index in [4.69, 9.17) is 5.11 Å². The van der Waals surface area contributed by atoms with Crippen molar-refractivity contribution in [2.75, 3.05) is 14.1 Å². The number of carboxylic acids is 1. The standard InChI is InChI=1S/C12H15NO4S/c1-9(12(14)15)8-10-6-4-5-7-11(10)18(16,17)13(2)3/h4-8H,1-3H3,(H,14,15)/b9-8+. The molecular formula is C12H15NO4S. The number of carboxylic acid groups (broad SMARTS) is 1. The van der Waals surface area contributed by atoms with Crippen molar-refractivity contribution < 1.29 is 18.3 Å². The number of rotatable bonds is 4. The van der Waals surface area contributed by atoms with Crippen molar-refractivity contribution in [1.82, 2.24) is 4.31 Å². The monoisotopic (exact) mass is 269 g/mol. The molecule has 98 valence electrons. The lowest BCUT2D eigenvalue weighted by Gasteiger charge is -2.13. The van der Waals surface area contributed by atoms with Crippen LogP contribution < -0.4 is 0 Å². The summed E-state index contributed by atoms with van der Waals surface area (Å²) in [5.74, 6) is -1.08. The van der Waals surface area contributed by atoms with Crippen LogP contribution in [0.4, 0.5) is 0 Å². The average molecular weight is 269 g/mol. The van der Waals surface area contributed by atoms with Crippen LogP contribution in [0.25, 0.3) is 6.08 Å². The molecule has 0 atom stereocenters. The summed E-state index contributed by atoms with van der Waals surface area (Å²) in [5.41, 5.74) is 0.447. The van der Waals surface area contributed by atoms with Crippen LogP contribution in [0.1, 0.15) is 12.5 Å². The van der Waals surface area contributed by atoms with Gasteiger partial charge in [0.1, 0.15) is 0 Å². The van der Waals surface area contributed by atoms with Crippen LogP contribution in [-0.2, 0) is 14.8 Å². The lowest BCUT2D eigenvalue weighted by Crippen LogP contribution is -2.23. The van der Waals surface area contributed by atoms with E-state index in [1.807, 2.05) is 0 Å². The molecule has 0 radical (unpaired) electrons. The molecule has 1 aromatic rings. The van der Waals surface area contributed by atoms with E-state index >= 15 is 0 Å². The maximum atomic E-state index is 12.1. The normalized spacial score (nSPS) is 12.8. The van der Waals surface area contributed by atoms with Crippen molar-refractivity contribution in [3.8, 4) is 0 Å². The fourth-order valence-corrected chi connectivity index (χ4v) is 2.40. The second kappa shape index (κ2) is 5.32. The van der Waals surface area contributed by atoms with E-state index in [1.165, 1.54) is 33.2 Å². The number of hydrogen-bond acceptors (Lipinski definition) is 3. The summed E-state index contributed by atoms with van der Waals surface area (Å²) in [6.45, 7) is 1.42. The number of benzene rings is 1. The molecular weight excluding hydrogens is 254 g/mol. The van der Waals surface area contributed by atoms with Gasteiger partial charge in [-0.15, -0.1) is 0 Å². The highest BCUT2D eigenvalue weighted by atomic mass is 32.2. The molecule has 0 amide bonds. The summed E-state index contributed by atoms with van der Waals surface area (Å²) < 4.78 is 25.2. The van der Waals surface area contributed by atoms with E-state index in [0.29, 0.717) is 5.56 Å². The van der Waals surface area contributed by atoms with Crippen LogP contribution in [0, 0.1) is 0 Å². The van der Waals surface area contributed by atoms with E-state index in [2.05, 4.69) is 0 Å². The minimum absolute atomic E-state index is 0.0800. The van der Waals surface area contributed by atoms with Crippen LogP contribution in [0.5, 0.6) is 0 Å². The summed E-state index contributed by atoms with van der Waals surface area (Å²) in [7, 11) is -0.722. The molecule has 0 bridgehead atoms. The first-order chi connectivity index (χ1) is 8.26. The van der Waals surface area contributed by atoms with Crippen molar-refractivity contribution in [2.24, 2.45) is 0 Å². The Morgan fingerprint density at radius 1 is 1.28 bits per heavy atom. The van der Waals surface area contributed by atoms with Gasteiger partial charge >= 0.3 is 5.97 Å². The first-order valence-corrected chi connectivity index (χ1v) is 6.64. The fraction of sp³-hybridized carbons (Fsp3) is 0.250. The van der Waals surface area contributed by atoms with Crippen molar-refractivity contribution in [3.63, 3.8) is 0 Å². The largest absolute Gasteiger partial charge is 0.478 e. The van der Waals surface area contributed by atoms with E-state index in [0.717, 1.165) is 4.31 Å². The molecule has 18 heavy (non-hydrogen) atoms. The van der Waals surface area contributed by atoms with Crippen LogP contribution in [0.15, 0.2) is 34.7 Å². The van der Waals surface area contributed by atoms with Crippen molar-refractivity contribution in [3.05, 3.63) is 35.4 Å². The topological polar surface area (TPSA) is 74.7 Å². The Bertz CT molecular complexity index is 588. The first-order valence-electron chi connectivity index (χ1n) is 5.20. The second-order valence-electron chi connectivity index (χ2n) is 3.96. The van der Waals surface area contributed by atoms with Crippen LogP contribution in [0.3, 0.4) is 0 Å². The molecule has 0 aliphatic heterocycles. The molecule has 0 fully saturated rings. The van der Waals surface area contributed by atoms with Gasteiger partial charge in [-0.3, -0.25) is 0 Å². The van der Waals surface area contributed by atoms with Crippen molar-refractivity contribution >= 4 is 22.1 Å². The van der Waals surface area contributed by atoms with Crippen LogP contribution >= 0.6 is 0 Å². The molecule has 0 heterocycles. The zero-order valence-electron chi connectivity index (χ0n) is 10.4. The van der Waals surface area contributed by atoms with Gasteiger partial charge in [-0.1, -0.05) is 18.2 Å². The summed E-state index contributed by atoms with van der Waals surface area (Å²) in [6.07, 6.45) is 1.35. The second-order valence-corrected chi connectivity index (χ2v) is 6.08. The minimum atomic E-state index is -3.58. The molecule has 6 heteroatoms. The van der Waals surface area contributed by atoms with Crippen molar-refractivity contribution in [2.45, 2.75) is 11.8 Å². The highest BCUT2D eigenvalue weighted by Crippen LogP contribution is 2.20. The molecule has 0 aliphatic carbocycles. The van der Waals surface area contributed by atoms with Gasteiger partial charge < -0.3 is 5.11 Å². The summed E-state index contributed by atoms with van der Waals surface area (Å²) in [4.78, 5) is 10.9. The van der Waals surface area contributed by atoms with Gasteiger partial charge in [-0.2, -0.15) is 0 Å². The Hall–Kier alpha value is -1.66. The number of hydrogen-bond donors (Lipinski definition) is 1. The third-order valence-electron chi connectivity index (χ3n) is 2.39. The number of nitrogens with zero attached hydrogens (tertiary/aromatic N) is 1. The minimum Gasteiger partial charge on any atom is -0.478 e. The van der Waals surface area contributed by atoms with E-state index in [9.17, 15) is 13.2 Å². The summed E-state index contributed by atoms with van der Waals surface area (Å²) in [6, 6.07) is 6.29. The van der Waals surface area contributed by atoms with E-state index < -0.39 is 16.0 Å². The smallest absolute Gasteiger partial charge is 0.331 e. The van der Waals surface area contributed by atoms with Gasteiger partial charge in [-0.25, -0.2) is 17.5 Å². The van der Waals surface area contributed by atoms with Gasteiger partial charge in [0.25, 0.3) is 0 Å². The zero-order valence-corrected chi connectivity index (χ0v) is 11.2. The fourth-order valence-electron chi connectivity index (χ4n) is 1.33. The van der Waals surface area contributed by atoms with Gasteiger partial charge in [0, 0.05) is 19.7 Å². The molecule has 1 N–H and O–H groups in total. The lowest BCUT2D eigenvalue weighted by molar-refractivity contribution is -0.132. The van der Waals surface area contributed by atoms with E-state index in [-0.39, 0.29) is 10.5 Å². The Kier molecular flexibility index (Phi) is 4.26. The highest BCUT2D eigenvalue weighted by Gasteiger charge is 2.20.